The van der Waals surface area contributed by atoms with Crippen LogP contribution in [0.3, 0.4) is 0 Å². The number of benzene rings is 1. The van der Waals surface area contributed by atoms with E-state index < -0.39 is 15.9 Å². The number of sulfonamides is 1. The third-order valence-corrected chi connectivity index (χ3v) is 5.23. The zero-order chi connectivity index (χ0) is 18.6. The molecule has 0 spiro atoms. The van der Waals surface area contributed by atoms with Crippen molar-refractivity contribution in [3.63, 3.8) is 0 Å². The van der Waals surface area contributed by atoms with E-state index >= 15 is 0 Å². The number of halogens is 2. The molecule has 1 aromatic heterocycles. The van der Waals surface area contributed by atoms with Gasteiger partial charge in [0.15, 0.2) is 0 Å². The molecular formula is C14H14Cl2N4O4S. The molecule has 0 fully saturated rings. The smallest absolute Gasteiger partial charge is 0.278 e. The Morgan fingerprint density at radius 1 is 1.24 bits per heavy atom. The molecule has 0 aliphatic heterocycles. The molecule has 3 N–H and O–H groups in total. The fraction of sp³-hybridized carbons (Fsp3) is 0.143. The first-order valence-corrected chi connectivity index (χ1v) is 9.02. The average Bonchev–Trinajstić information content (AvgIpc) is 2.55. The molecule has 2 aromatic rings. The largest absolute Gasteiger partial charge is 0.354 e. The fourth-order valence-electron chi connectivity index (χ4n) is 1.99. The summed E-state index contributed by atoms with van der Waals surface area (Å²) in [4.78, 5) is 20.3. The van der Waals surface area contributed by atoms with Gasteiger partial charge in [0.25, 0.3) is 5.91 Å². The van der Waals surface area contributed by atoms with Crippen molar-refractivity contribution in [1.29, 1.82) is 0 Å². The molecule has 0 radical (unpaired) electrons. The van der Waals surface area contributed by atoms with E-state index in [2.05, 4.69) is 25.3 Å². The molecule has 1 aromatic carbocycles. The first-order chi connectivity index (χ1) is 11.8. The maximum absolute atomic E-state index is 12.2. The molecule has 2 rings (SSSR count). The van der Waals surface area contributed by atoms with Gasteiger partial charge in [-0.3, -0.25) is 9.63 Å². The number of pyridine rings is 1. The van der Waals surface area contributed by atoms with Crippen LogP contribution in [0, 0.1) is 0 Å². The molecule has 0 bridgehead atoms. The molecule has 0 unspecified atom stereocenters. The molecular weight excluding hydrogens is 391 g/mol. The Hall–Kier alpha value is -1.91. The van der Waals surface area contributed by atoms with E-state index in [1.54, 1.807) is 6.07 Å². The van der Waals surface area contributed by atoms with Crippen LogP contribution >= 0.6 is 23.2 Å². The van der Waals surface area contributed by atoms with Crippen LogP contribution in [0.5, 0.6) is 0 Å². The van der Waals surface area contributed by atoms with Crippen molar-refractivity contribution in [2.75, 3.05) is 19.5 Å². The van der Waals surface area contributed by atoms with E-state index in [9.17, 15) is 13.2 Å². The normalized spacial score (nSPS) is 11.2. The summed E-state index contributed by atoms with van der Waals surface area (Å²) in [5.41, 5.74) is 2.64. The molecule has 11 heteroatoms. The number of nitrogens with zero attached hydrogens (tertiary/aromatic N) is 1. The van der Waals surface area contributed by atoms with E-state index in [1.165, 1.54) is 38.6 Å². The number of rotatable bonds is 6. The summed E-state index contributed by atoms with van der Waals surface area (Å²) in [6.07, 6.45) is 1.23. The Balaban J connectivity index is 2.57. The first-order valence-electron chi connectivity index (χ1n) is 6.78. The van der Waals surface area contributed by atoms with Gasteiger partial charge in [-0.25, -0.2) is 23.6 Å². The number of carbonyl (C=O) groups is 1. The summed E-state index contributed by atoms with van der Waals surface area (Å²) < 4.78 is 26.7. The minimum Gasteiger partial charge on any atom is -0.354 e. The van der Waals surface area contributed by atoms with Crippen molar-refractivity contribution in [2.24, 2.45) is 0 Å². The highest BCUT2D eigenvalue weighted by Crippen LogP contribution is 2.32. The number of nitrogens with one attached hydrogen (secondary N) is 3. The number of hydrogen-bond donors (Lipinski definition) is 3. The van der Waals surface area contributed by atoms with Gasteiger partial charge in [-0.1, -0.05) is 29.3 Å². The lowest BCUT2D eigenvalue weighted by Gasteiger charge is -2.15. The molecule has 0 saturated carbocycles. The SMILES string of the molecule is CNS(=O)(=O)c1c(Cl)cccc1Nc1cc(Cl)ncc1C(=O)NOC. The highest BCUT2D eigenvalue weighted by atomic mass is 35.5. The van der Waals surface area contributed by atoms with Gasteiger partial charge in [0.2, 0.25) is 10.0 Å². The minimum absolute atomic E-state index is 0.0161. The number of aromatic nitrogens is 1. The quantitative estimate of drug-likeness (QED) is 0.503. The summed E-state index contributed by atoms with van der Waals surface area (Å²) in [7, 11) is -1.30. The van der Waals surface area contributed by atoms with Gasteiger partial charge in [0, 0.05) is 6.20 Å². The number of amides is 1. The molecule has 8 nitrogen and oxygen atoms in total. The van der Waals surface area contributed by atoms with Gasteiger partial charge in [0.05, 0.1) is 29.1 Å². The predicted molar refractivity (Wildman–Crippen MR) is 94.7 cm³/mol. The second kappa shape index (κ2) is 7.98. The van der Waals surface area contributed by atoms with Crippen LogP contribution in [-0.2, 0) is 14.9 Å². The number of carbonyl (C=O) groups excluding carboxylic acids is 1. The van der Waals surface area contributed by atoms with Crippen molar-refractivity contribution in [3.05, 3.63) is 46.2 Å². The summed E-state index contributed by atoms with van der Waals surface area (Å²) in [5, 5.41) is 2.98. The Bertz CT molecular complexity index is 906. The van der Waals surface area contributed by atoms with Crippen LogP contribution in [0.4, 0.5) is 11.4 Å². The zero-order valence-corrected chi connectivity index (χ0v) is 15.5. The maximum atomic E-state index is 12.2. The van der Waals surface area contributed by atoms with Gasteiger partial charge in [-0.15, -0.1) is 0 Å². The second-order valence-electron chi connectivity index (χ2n) is 4.64. The van der Waals surface area contributed by atoms with Crippen LogP contribution in [-0.4, -0.2) is 33.5 Å². The Morgan fingerprint density at radius 2 is 1.96 bits per heavy atom. The topological polar surface area (TPSA) is 109 Å². The standard InChI is InChI=1S/C14H14Cl2N4O4S/c1-17-25(22,23)13-9(15)4-3-5-10(13)19-11-6-12(16)18-7-8(11)14(21)20-24-2/h3-7,17H,1-2H3,(H,18,19)(H,20,21). The van der Waals surface area contributed by atoms with Crippen molar-refractivity contribution in [3.8, 4) is 0 Å². The van der Waals surface area contributed by atoms with Crippen LogP contribution in [0.25, 0.3) is 0 Å². The lowest BCUT2D eigenvalue weighted by Crippen LogP contribution is -2.23. The Labute approximate surface area is 154 Å². The summed E-state index contributed by atoms with van der Waals surface area (Å²) in [5.74, 6) is -0.589. The van der Waals surface area contributed by atoms with E-state index in [0.717, 1.165) is 0 Å². The monoisotopic (exact) mass is 404 g/mol. The molecule has 0 aliphatic rings. The first kappa shape index (κ1) is 19.4. The Morgan fingerprint density at radius 3 is 2.60 bits per heavy atom. The molecule has 0 aliphatic carbocycles. The Kier molecular flexibility index (Phi) is 6.20. The number of hydroxylamine groups is 1. The summed E-state index contributed by atoms with van der Waals surface area (Å²) in [6, 6.07) is 5.89. The third kappa shape index (κ3) is 4.39. The van der Waals surface area contributed by atoms with E-state index in [0.29, 0.717) is 0 Å². The van der Waals surface area contributed by atoms with Crippen LogP contribution < -0.4 is 15.5 Å². The molecule has 0 saturated heterocycles. The van der Waals surface area contributed by atoms with Crippen LogP contribution in [0.15, 0.2) is 35.4 Å². The van der Waals surface area contributed by atoms with Gasteiger partial charge in [0.1, 0.15) is 10.0 Å². The fourth-order valence-corrected chi connectivity index (χ4v) is 3.56. The zero-order valence-electron chi connectivity index (χ0n) is 13.1. The summed E-state index contributed by atoms with van der Waals surface area (Å²) in [6.45, 7) is 0. The van der Waals surface area contributed by atoms with Crippen molar-refractivity contribution >= 4 is 50.5 Å². The number of hydrogen-bond acceptors (Lipinski definition) is 6. The second-order valence-corrected chi connectivity index (χ2v) is 7.25. The van der Waals surface area contributed by atoms with E-state index in [4.69, 9.17) is 23.2 Å². The van der Waals surface area contributed by atoms with E-state index in [1.807, 2.05) is 0 Å². The van der Waals surface area contributed by atoms with Gasteiger partial charge in [-0.05, 0) is 25.2 Å². The van der Waals surface area contributed by atoms with Crippen molar-refractivity contribution in [1.82, 2.24) is 15.2 Å². The highest BCUT2D eigenvalue weighted by molar-refractivity contribution is 7.89. The van der Waals surface area contributed by atoms with Gasteiger partial charge >= 0.3 is 0 Å². The molecule has 0 atom stereocenters. The third-order valence-electron chi connectivity index (χ3n) is 3.08. The highest BCUT2D eigenvalue weighted by Gasteiger charge is 2.22. The van der Waals surface area contributed by atoms with Gasteiger partial charge in [-0.2, -0.15) is 0 Å². The minimum atomic E-state index is -3.85. The van der Waals surface area contributed by atoms with Crippen molar-refractivity contribution < 1.29 is 18.0 Å². The molecule has 1 amide bonds. The average molecular weight is 405 g/mol. The maximum Gasteiger partial charge on any atom is 0.278 e. The van der Waals surface area contributed by atoms with E-state index in [-0.39, 0.29) is 32.0 Å². The molecule has 25 heavy (non-hydrogen) atoms. The van der Waals surface area contributed by atoms with Crippen molar-refractivity contribution in [2.45, 2.75) is 4.90 Å². The predicted octanol–water partition coefficient (Wildman–Crippen LogP) is 2.33. The van der Waals surface area contributed by atoms with Gasteiger partial charge < -0.3 is 5.32 Å². The van der Waals surface area contributed by atoms with Crippen LogP contribution in [0.1, 0.15) is 10.4 Å². The molecule has 1 heterocycles. The number of anilines is 2. The lowest BCUT2D eigenvalue weighted by molar-refractivity contribution is 0.0538. The van der Waals surface area contributed by atoms with Crippen LogP contribution in [0.2, 0.25) is 10.2 Å². The lowest BCUT2D eigenvalue weighted by atomic mass is 10.2. The summed E-state index contributed by atoms with van der Waals surface area (Å²) >= 11 is 11.9. The molecule has 134 valence electrons.